The van der Waals surface area contributed by atoms with Crippen LogP contribution in [0.4, 0.5) is 0 Å². The molecule has 1 aliphatic rings. The Balaban J connectivity index is 2.33. The highest BCUT2D eigenvalue weighted by Crippen LogP contribution is 2.35. The molecule has 0 spiro atoms. The Bertz CT molecular complexity index is 630. The van der Waals surface area contributed by atoms with Gasteiger partial charge in [0.15, 0.2) is 11.5 Å². The number of nitrogens with one attached hydrogen (secondary N) is 1. The predicted molar refractivity (Wildman–Crippen MR) is 90.3 cm³/mol. The zero-order valence-corrected chi connectivity index (χ0v) is 14.4. The normalized spacial score (nSPS) is 19.3. The molecule has 0 saturated carbocycles. The second-order valence-corrected chi connectivity index (χ2v) is 6.54. The lowest BCUT2D eigenvalue weighted by Gasteiger charge is -2.16. The molecule has 2 atom stereocenters. The van der Waals surface area contributed by atoms with E-state index in [0.717, 1.165) is 11.3 Å². The van der Waals surface area contributed by atoms with Crippen LogP contribution < -0.4 is 14.9 Å². The van der Waals surface area contributed by atoms with Crippen LogP contribution in [0, 0.1) is 5.92 Å². The van der Waals surface area contributed by atoms with Crippen molar-refractivity contribution in [3.05, 3.63) is 23.8 Å². The summed E-state index contributed by atoms with van der Waals surface area (Å²) in [6.07, 6.45) is 5.71. The van der Waals surface area contributed by atoms with Gasteiger partial charge in [-0.25, -0.2) is 5.43 Å². The molecule has 1 aromatic carbocycles. The van der Waals surface area contributed by atoms with Crippen molar-refractivity contribution in [2.45, 2.75) is 18.2 Å². The van der Waals surface area contributed by atoms with E-state index < -0.39 is 11.2 Å². The number of ether oxygens (including phenoxy) is 2. The highest BCUT2D eigenvalue weighted by Gasteiger charge is 2.21. The van der Waals surface area contributed by atoms with Crippen LogP contribution >= 0.6 is 0 Å². The van der Waals surface area contributed by atoms with Gasteiger partial charge in [-0.15, -0.1) is 0 Å². The first-order chi connectivity index (χ1) is 11.0. The van der Waals surface area contributed by atoms with Crippen LogP contribution in [-0.2, 0) is 16.0 Å². The molecule has 1 N–H and O–H groups in total. The Hall–Kier alpha value is -1.99. The van der Waals surface area contributed by atoms with E-state index in [1.165, 1.54) is 14.2 Å². The SMILES string of the molecule is COc1cc(C=CC2=NNC(=O)CC2C)cc(OC)c1[S+](C)[O-]. The van der Waals surface area contributed by atoms with Crippen LogP contribution in [0.5, 0.6) is 11.5 Å². The zero-order chi connectivity index (χ0) is 17.0. The monoisotopic (exact) mass is 336 g/mol. The Morgan fingerprint density at radius 3 is 2.39 bits per heavy atom. The molecule has 0 aromatic heterocycles. The van der Waals surface area contributed by atoms with Crippen molar-refractivity contribution in [3.8, 4) is 11.5 Å². The number of hydrogen-bond donors (Lipinski definition) is 1. The summed E-state index contributed by atoms with van der Waals surface area (Å²) in [5.41, 5.74) is 4.11. The van der Waals surface area contributed by atoms with Crippen molar-refractivity contribution >= 4 is 28.9 Å². The van der Waals surface area contributed by atoms with Crippen LogP contribution in [0.2, 0.25) is 0 Å². The summed E-state index contributed by atoms with van der Waals surface area (Å²) in [5, 5.41) is 4.06. The minimum absolute atomic E-state index is 0.0613. The van der Waals surface area contributed by atoms with Crippen LogP contribution in [0.3, 0.4) is 0 Å². The van der Waals surface area contributed by atoms with Gasteiger partial charge >= 0.3 is 0 Å². The summed E-state index contributed by atoms with van der Waals surface area (Å²) in [7, 11) is 3.06. The molecule has 0 bridgehead atoms. The van der Waals surface area contributed by atoms with Crippen molar-refractivity contribution in [1.82, 2.24) is 5.43 Å². The van der Waals surface area contributed by atoms with Gasteiger partial charge < -0.3 is 14.0 Å². The molecule has 2 rings (SSSR count). The van der Waals surface area contributed by atoms with Crippen molar-refractivity contribution in [3.63, 3.8) is 0 Å². The molecule has 0 aliphatic carbocycles. The van der Waals surface area contributed by atoms with E-state index >= 15 is 0 Å². The van der Waals surface area contributed by atoms with Crippen LogP contribution in [0.1, 0.15) is 18.9 Å². The molecule has 2 unspecified atom stereocenters. The molecule has 0 fully saturated rings. The minimum atomic E-state index is -1.22. The second-order valence-electron chi connectivity index (χ2n) is 5.22. The summed E-state index contributed by atoms with van der Waals surface area (Å²) in [6.45, 7) is 1.95. The number of allylic oxidation sites excluding steroid dienone is 1. The number of nitrogens with zero attached hydrogens (tertiary/aromatic N) is 1. The van der Waals surface area contributed by atoms with Gasteiger partial charge in [-0.1, -0.05) is 13.0 Å². The minimum Gasteiger partial charge on any atom is -0.611 e. The Kier molecular flexibility index (Phi) is 5.68. The first kappa shape index (κ1) is 17.4. The third kappa shape index (κ3) is 4.05. The molecule has 1 heterocycles. The van der Waals surface area contributed by atoms with E-state index in [0.29, 0.717) is 22.8 Å². The van der Waals surface area contributed by atoms with Gasteiger partial charge in [-0.2, -0.15) is 5.10 Å². The van der Waals surface area contributed by atoms with Gasteiger partial charge in [-0.3, -0.25) is 4.79 Å². The molecule has 7 heteroatoms. The van der Waals surface area contributed by atoms with Crippen molar-refractivity contribution in [2.75, 3.05) is 20.5 Å². The fraction of sp³-hybridized carbons (Fsp3) is 0.375. The molecule has 124 valence electrons. The van der Waals surface area contributed by atoms with Crippen molar-refractivity contribution in [1.29, 1.82) is 0 Å². The molecular weight excluding hydrogens is 316 g/mol. The predicted octanol–water partition coefficient (Wildman–Crippen LogP) is 1.97. The fourth-order valence-corrected chi connectivity index (χ4v) is 3.18. The molecule has 6 nitrogen and oxygen atoms in total. The smallest absolute Gasteiger partial charge is 0.240 e. The lowest BCUT2D eigenvalue weighted by atomic mass is 9.99. The Labute approximate surface area is 138 Å². The molecule has 1 aromatic rings. The standard InChI is InChI=1S/C16H20N2O4S/c1-10-7-15(19)18-17-12(10)6-5-11-8-13(21-2)16(23(4)20)14(9-11)22-3/h5-6,8-10H,7H2,1-4H3,(H,18,19). The van der Waals surface area contributed by atoms with Gasteiger partial charge in [0, 0.05) is 12.3 Å². The number of benzene rings is 1. The van der Waals surface area contributed by atoms with E-state index in [9.17, 15) is 9.35 Å². The maximum absolute atomic E-state index is 11.9. The average molecular weight is 336 g/mol. The molecule has 0 radical (unpaired) electrons. The quantitative estimate of drug-likeness (QED) is 0.833. The molecule has 0 saturated heterocycles. The first-order valence-corrected chi connectivity index (χ1v) is 8.66. The van der Waals surface area contributed by atoms with E-state index in [1.54, 1.807) is 18.4 Å². The first-order valence-electron chi connectivity index (χ1n) is 7.10. The lowest BCUT2D eigenvalue weighted by Crippen LogP contribution is -2.30. The largest absolute Gasteiger partial charge is 0.611 e. The number of hydrogen-bond acceptors (Lipinski definition) is 5. The topological polar surface area (TPSA) is 83.0 Å². The van der Waals surface area contributed by atoms with Crippen LogP contribution in [0.25, 0.3) is 6.08 Å². The van der Waals surface area contributed by atoms with Gasteiger partial charge in [0.05, 0.1) is 19.9 Å². The summed E-state index contributed by atoms with van der Waals surface area (Å²) in [5.74, 6) is 1.01. The number of amides is 1. The maximum Gasteiger partial charge on any atom is 0.240 e. The second kappa shape index (κ2) is 7.52. The maximum atomic E-state index is 11.9. The summed E-state index contributed by atoms with van der Waals surface area (Å²) < 4.78 is 22.5. The summed E-state index contributed by atoms with van der Waals surface area (Å²) in [4.78, 5) is 11.8. The molecule has 1 amide bonds. The number of hydrazone groups is 1. The summed E-state index contributed by atoms with van der Waals surface area (Å²) >= 11 is -1.22. The average Bonchev–Trinajstić information content (AvgIpc) is 2.52. The van der Waals surface area contributed by atoms with Gasteiger partial charge in [0.25, 0.3) is 0 Å². The fourth-order valence-electron chi connectivity index (χ4n) is 2.33. The number of rotatable bonds is 5. The third-order valence-electron chi connectivity index (χ3n) is 3.52. The molecular formula is C16H20N2O4S. The lowest BCUT2D eigenvalue weighted by molar-refractivity contribution is -0.121. The molecule has 23 heavy (non-hydrogen) atoms. The number of methoxy groups -OCH3 is 2. The highest BCUT2D eigenvalue weighted by molar-refractivity contribution is 7.91. The van der Waals surface area contributed by atoms with E-state index in [-0.39, 0.29) is 11.8 Å². The van der Waals surface area contributed by atoms with Gasteiger partial charge in [-0.05, 0) is 34.9 Å². The third-order valence-corrected chi connectivity index (χ3v) is 4.50. The number of carbonyl (C=O) groups is 1. The van der Waals surface area contributed by atoms with Crippen molar-refractivity contribution in [2.24, 2.45) is 11.0 Å². The highest BCUT2D eigenvalue weighted by atomic mass is 32.2. The van der Waals surface area contributed by atoms with Gasteiger partial charge in [0.2, 0.25) is 10.8 Å². The summed E-state index contributed by atoms with van der Waals surface area (Å²) in [6, 6.07) is 3.59. The van der Waals surface area contributed by atoms with E-state index in [1.807, 2.05) is 19.1 Å². The Morgan fingerprint density at radius 2 is 1.91 bits per heavy atom. The Morgan fingerprint density at radius 1 is 1.30 bits per heavy atom. The van der Waals surface area contributed by atoms with Crippen molar-refractivity contribution < 1.29 is 18.8 Å². The zero-order valence-electron chi connectivity index (χ0n) is 13.6. The van der Waals surface area contributed by atoms with Crippen LogP contribution in [-0.4, -0.2) is 36.6 Å². The van der Waals surface area contributed by atoms with Gasteiger partial charge in [0.1, 0.15) is 6.26 Å². The van der Waals surface area contributed by atoms with E-state index in [2.05, 4.69) is 10.5 Å². The van der Waals surface area contributed by atoms with Crippen LogP contribution in [0.15, 0.2) is 28.2 Å². The number of carbonyl (C=O) groups excluding carboxylic acids is 1. The van der Waals surface area contributed by atoms with E-state index in [4.69, 9.17) is 9.47 Å². The molecule has 1 aliphatic heterocycles.